The number of benzene rings is 1. The molecular weight excluding hydrogens is 284 g/mol. The lowest BCUT2D eigenvalue weighted by Gasteiger charge is -2.37. The smallest absolute Gasteiger partial charge is 0.0772 e. The monoisotopic (exact) mass is 308 g/mol. The zero-order chi connectivity index (χ0) is 14.8. The molecule has 1 aliphatic carbocycles. The average molecular weight is 309 g/mol. The molecule has 4 heteroatoms. The second-order valence-electron chi connectivity index (χ2n) is 6.42. The molecule has 2 aliphatic rings. The van der Waals surface area contributed by atoms with Crippen LogP contribution in [0.15, 0.2) is 18.2 Å². The molecule has 1 aromatic rings. The zero-order valence-electron chi connectivity index (χ0n) is 12.9. The highest BCUT2D eigenvalue weighted by atomic mass is 35.5. The van der Waals surface area contributed by atoms with E-state index in [2.05, 4.69) is 35.3 Å². The summed E-state index contributed by atoms with van der Waals surface area (Å²) in [5.41, 5.74) is 2.41. The lowest BCUT2D eigenvalue weighted by Crippen LogP contribution is -2.43. The van der Waals surface area contributed by atoms with Crippen molar-refractivity contribution >= 4 is 17.3 Å². The maximum atomic E-state index is 6.45. The Morgan fingerprint density at radius 3 is 2.81 bits per heavy atom. The van der Waals surface area contributed by atoms with E-state index in [1.54, 1.807) is 0 Å². The van der Waals surface area contributed by atoms with E-state index < -0.39 is 0 Å². The van der Waals surface area contributed by atoms with Gasteiger partial charge >= 0.3 is 0 Å². The Kier molecular flexibility index (Phi) is 4.72. The average Bonchev–Trinajstić information content (AvgIpc) is 3.31. The van der Waals surface area contributed by atoms with E-state index in [4.69, 9.17) is 16.3 Å². The van der Waals surface area contributed by atoms with Crippen LogP contribution in [-0.4, -0.2) is 32.3 Å². The number of nitrogens with zero attached hydrogens (tertiary/aromatic N) is 1. The molecule has 116 valence electrons. The predicted molar refractivity (Wildman–Crippen MR) is 88.1 cm³/mol. The third-order valence-electron chi connectivity index (χ3n) is 4.75. The number of ether oxygens (including phenoxy) is 1. The molecule has 0 bridgehead atoms. The Morgan fingerprint density at radius 1 is 1.33 bits per heavy atom. The van der Waals surface area contributed by atoms with Crippen molar-refractivity contribution in [3.63, 3.8) is 0 Å². The molecule has 2 unspecified atom stereocenters. The molecule has 2 fully saturated rings. The van der Waals surface area contributed by atoms with Gasteiger partial charge in [-0.2, -0.15) is 0 Å². The van der Waals surface area contributed by atoms with Crippen LogP contribution in [0.1, 0.15) is 31.7 Å². The van der Waals surface area contributed by atoms with Crippen LogP contribution < -0.4 is 10.2 Å². The minimum absolute atomic E-state index is 0.314. The van der Waals surface area contributed by atoms with Crippen molar-refractivity contribution in [3.8, 4) is 0 Å². The van der Waals surface area contributed by atoms with Crippen LogP contribution in [-0.2, 0) is 11.3 Å². The molecule has 21 heavy (non-hydrogen) atoms. The van der Waals surface area contributed by atoms with E-state index in [1.807, 2.05) is 7.11 Å². The van der Waals surface area contributed by atoms with Gasteiger partial charge in [0.2, 0.25) is 0 Å². The van der Waals surface area contributed by atoms with Gasteiger partial charge in [-0.05, 0) is 42.9 Å². The molecule has 3 rings (SSSR count). The van der Waals surface area contributed by atoms with Gasteiger partial charge in [-0.3, -0.25) is 0 Å². The normalized spacial score (nSPS) is 26.1. The summed E-state index contributed by atoms with van der Waals surface area (Å²) in [5.74, 6) is 0.628. The number of nitrogens with one attached hydrogen (secondary N) is 1. The Hall–Kier alpha value is -0.770. The van der Waals surface area contributed by atoms with E-state index >= 15 is 0 Å². The van der Waals surface area contributed by atoms with Gasteiger partial charge in [0.15, 0.2) is 0 Å². The summed E-state index contributed by atoms with van der Waals surface area (Å²) in [4.78, 5) is 2.39. The summed E-state index contributed by atoms with van der Waals surface area (Å²) in [5, 5.41) is 4.39. The Morgan fingerprint density at radius 2 is 2.14 bits per heavy atom. The molecule has 1 aromatic carbocycles. The largest absolute Gasteiger partial charge is 0.379 e. The van der Waals surface area contributed by atoms with Crippen LogP contribution in [0.25, 0.3) is 0 Å². The lowest BCUT2D eigenvalue weighted by atomic mass is 9.95. The van der Waals surface area contributed by atoms with Gasteiger partial charge in [0.25, 0.3) is 0 Å². The third kappa shape index (κ3) is 3.71. The van der Waals surface area contributed by atoms with Crippen molar-refractivity contribution in [2.75, 3.05) is 25.1 Å². The Balaban J connectivity index is 1.66. The Bertz CT molecular complexity index is 490. The summed E-state index contributed by atoms with van der Waals surface area (Å²) in [6.45, 7) is 5.18. The van der Waals surface area contributed by atoms with Crippen LogP contribution in [0.4, 0.5) is 5.69 Å². The Labute approximate surface area is 132 Å². The van der Waals surface area contributed by atoms with Gasteiger partial charge in [-0.15, -0.1) is 0 Å². The van der Waals surface area contributed by atoms with E-state index in [0.29, 0.717) is 18.1 Å². The van der Waals surface area contributed by atoms with Crippen molar-refractivity contribution in [2.24, 2.45) is 5.92 Å². The van der Waals surface area contributed by atoms with Gasteiger partial charge in [-0.25, -0.2) is 0 Å². The first kappa shape index (κ1) is 15.1. The second-order valence-corrected chi connectivity index (χ2v) is 6.82. The van der Waals surface area contributed by atoms with E-state index in [-0.39, 0.29) is 0 Å². The first-order valence-corrected chi connectivity index (χ1v) is 8.34. The number of methoxy groups -OCH3 is 1. The van der Waals surface area contributed by atoms with Crippen molar-refractivity contribution in [3.05, 3.63) is 28.8 Å². The highest BCUT2D eigenvalue weighted by molar-refractivity contribution is 6.31. The summed E-state index contributed by atoms with van der Waals surface area (Å²) in [6.07, 6.45) is 4.09. The van der Waals surface area contributed by atoms with Crippen LogP contribution in [0.5, 0.6) is 0 Å². The van der Waals surface area contributed by atoms with E-state index in [9.17, 15) is 0 Å². The van der Waals surface area contributed by atoms with Crippen LogP contribution in [0.2, 0.25) is 5.02 Å². The first-order chi connectivity index (χ1) is 10.2. The summed E-state index contributed by atoms with van der Waals surface area (Å²) >= 11 is 6.45. The zero-order valence-corrected chi connectivity index (χ0v) is 13.7. The van der Waals surface area contributed by atoms with Gasteiger partial charge in [0, 0.05) is 43.5 Å². The second kappa shape index (κ2) is 6.55. The molecule has 0 radical (unpaired) electrons. The number of hydrogen-bond donors (Lipinski definition) is 1. The highest BCUT2D eigenvalue weighted by Crippen LogP contribution is 2.29. The third-order valence-corrected chi connectivity index (χ3v) is 5.10. The number of halogens is 1. The molecule has 1 aliphatic heterocycles. The number of piperidine rings is 1. The molecule has 1 saturated heterocycles. The molecule has 0 spiro atoms. The quantitative estimate of drug-likeness (QED) is 0.901. The minimum Gasteiger partial charge on any atom is -0.379 e. The van der Waals surface area contributed by atoms with E-state index in [0.717, 1.165) is 24.7 Å². The summed E-state index contributed by atoms with van der Waals surface area (Å²) < 4.78 is 5.60. The lowest BCUT2D eigenvalue weighted by molar-refractivity contribution is 0.0498. The van der Waals surface area contributed by atoms with E-state index in [1.165, 1.54) is 30.5 Å². The van der Waals surface area contributed by atoms with Crippen LogP contribution in [0, 0.1) is 5.92 Å². The topological polar surface area (TPSA) is 24.5 Å². The van der Waals surface area contributed by atoms with Gasteiger partial charge in [-0.1, -0.05) is 24.6 Å². The first-order valence-electron chi connectivity index (χ1n) is 7.97. The van der Waals surface area contributed by atoms with Gasteiger partial charge < -0.3 is 15.0 Å². The summed E-state index contributed by atoms with van der Waals surface area (Å²) in [6, 6.07) is 7.17. The SMILES string of the molecule is COC1CN(c2ccc(CNC3CC3)c(Cl)c2)CCC1C. The molecule has 2 atom stereocenters. The molecule has 0 amide bonds. The fourth-order valence-electron chi connectivity index (χ4n) is 2.99. The van der Waals surface area contributed by atoms with Crippen molar-refractivity contribution in [1.29, 1.82) is 0 Å². The minimum atomic E-state index is 0.314. The fraction of sp³-hybridized carbons (Fsp3) is 0.647. The van der Waals surface area contributed by atoms with Crippen LogP contribution in [0.3, 0.4) is 0 Å². The maximum absolute atomic E-state index is 6.45. The predicted octanol–water partition coefficient (Wildman–Crippen LogP) is 3.45. The number of rotatable bonds is 5. The number of hydrogen-bond acceptors (Lipinski definition) is 3. The summed E-state index contributed by atoms with van der Waals surface area (Å²) in [7, 11) is 1.81. The molecule has 1 saturated carbocycles. The van der Waals surface area contributed by atoms with Gasteiger partial charge in [0.05, 0.1) is 6.10 Å². The molecule has 3 nitrogen and oxygen atoms in total. The van der Waals surface area contributed by atoms with Crippen molar-refractivity contribution < 1.29 is 4.74 Å². The van der Waals surface area contributed by atoms with Crippen LogP contribution >= 0.6 is 11.6 Å². The fourth-order valence-corrected chi connectivity index (χ4v) is 3.23. The molecular formula is C17H25ClN2O. The van der Waals surface area contributed by atoms with Crippen molar-refractivity contribution in [1.82, 2.24) is 5.32 Å². The standard InChI is InChI=1S/C17H25ClN2O/c1-12-7-8-20(11-17(12)21-2)15-6-3-13(16(18)9-15)10-19-14-4-5-14/h3,6,9,12,14,17,19H,4-5,7-8,10-11H2,1-2H3. The van der Waals surface area contributed by atoms with Gasteiger partial charge in [0.1, 0.15) is 0 Å². The molecule has 1 N–H and O–H groups in total. The molecule has 1 heterocycles. The number of anilines is 1. The van der Waals surface area contributed by atoms with Crippen molar-refractivity contribution in [2.45, 2.75) is 44.9 Å². The molecule has 0 aromatic heterocycles. The maximum Gasteiger partial charge on any atom is 0.0772 e. The highest BCUT2D eigenvalue weighted by Gasteiger charge is 2.26.